The van der Waals surface area contributed by atoms with Crippen LogP contribution in [0.1, 0.15) is 40.0 Å². The largest absolute Gasteiger partial charge is 0.480 e. The van der Waals surface area contributed by atoms with Gasteiger partial charge in [0.1, 0.15) is 18.1 Å². The summed E-state index contributed by atoms with van der Waals surface area (Å²) in [5.74, 6) is -1.18. The Bertz CT molecular complexity index is 577. The third-order valence-electron chi connectivity index (χ3n) is 4.28. The lowest BCUT2D eigenvalue weighted by molar-refractivity contribution is -0.141. The van der Waals surface area contributed by atoms with E-state index in [0.29, 0.717) is 25.0 Å². The Morgan fingerprint density at radius 2 is 1.33 bits per heavy atom. The van der Waals surface area contributed by atoms with Crippen LogP contribution in [0.25, 0.3) is 0 Å². The number of carbonyl (C=O) groups is 4. The lowest BCUT2D eigenvalue weighted by atomic mass is 10.0. The number of carboxylic acid groups (broad SMARTS) is 1. The smallest absolute Gasteiger partial charge is 0.325 e. The number of nitrogens with two attached hydrogens (primary N) is 1. The molecule has 3 amide bonds. The summed E-state index contributed by atoms with van der Waals surface area (Å²) in [6, 6.07) is -3.53. The molecule has 0 aromatic rings. The van der Waals surface area contributed by atoms with Crippen LogP contribution >= 0.6 is 23.5 Å². The molecule has 0 bridgehead atoms. The summed E-state index contributed by atoms with van der Waals surface area (Å²) >= 11 is 3.09. The SMILES string of the molecule is CSCCC(N)C(=O)NC(CC(C)C)C(=O)NC(CCSC)C(=O)NC(C)C(=O)O. The molecule has 6 N–H and O–H groups in total. The number of carboxylic acids is 1. The summed E-state index contributed by atoms with van der Waals surface area (Å²) < 4.78 is 0. The van der Waals surface area contributed by atoms with E-state index < -0.39 is 47.9 Å². The van der Waals surface area contributed by atoms with Gasteiger partial charge in [-0.3, -0.25) is 19.2 Å². The molecule has 0 aliphatic rings. The molecule has 0 rings (SSSR count). The molecule has 0 aliphatic heterocycles. The first kappa shape index (κ1) is 28.5. The molecule has 30 heavy (non-hydrogen) atoms. The van der Waals surface area contributed by atoms with Crippen molar-refractivity contribution in [3.8, 4) is 0 Å². The maximum Gasteiger partial charge on any atom is 0.325 e. The molecule has 9 nitrogen and oxygen atoms in total. The number of nitrogens with one attached hydrogen (secondary N) is 3. The van der Waals surface area contributed by atoms with E-state index in [1.165, 1.54) is 18.7 Å². The van der Waals surface area contributed by atoms with Gasteiger partial charge in [-0.2, -0.15) is 23.5 Å². The molecule has 0 saturated carbocycles. The first-order chi connectivity index (χ1) is 14.0. The molecule has 0 spiro atoms. The van der Waals surface area contributed by atoms with Gasteiger partial charge in [-0.1, -0.05) is 13.8 Å². The number of hydrogen-bond acceptors (Lipinski definition) is 7. The van der Waals surface area contributed by atoms with Crippen molar-refractivity contribution in [3.63, 3.8) is 0 Å². The minimum Gasteiger partial charge on any atom is -0.480 e. The quantitative estimate of drug-likeness (QED) is 0.234. The standard InChI is InChI=1S/C19H36N4O5S2/c1-11(2)10-15(23-16(24)13(20)6-8-29-4)18(26)22-14(7-9-30-5)17(25)21-12(3)19(27)28/h11-15H,6-10,20H2,1-5H3,(H,21,25)(H,22,26)(H,23,24)(H,27,28). The number of rotatable bonds is 15. The summed E-state index contributed by atoms with van der Waals surface area (Å²) in [7, 11) is 0. The molecule has 0 aliphatic carbocycles. The van der Waals surface area contributed by atoms with Gasteiger partial charge in [-0.15, -0.1) is 0 Å². The van der Waals surface area contributed by atoms with Gasteiger partial charge in [-0.05, 0) is 56.1 Å². The summed E-state index contributed by atoms with van der Waals surface area (Å²) in [6.45, 7) is 5.20. The monoisotopic (exact) mass is 464 g/mol. The van der Waals surface area contributed by atoms with Gasteiger partial charge in [0.15, 0.2) is 0 Å². The summed E-state index contributed by atoms with van der Waals surface area (Å²) in [5.41, 5.74) is 5.90. The van der Waals surface area contributed by atoms with Crippen LogP contribution in [0.3, 0.4) is 0 Å². The Balaban J connectivity index is 5.24. The number of thioether (sulfide) groups is 2. The van der Waals surface area contributed by atoms with Crippen molar-refractivity contribution in [3.05, 3.63) is 0 Å². The predicted molar refractivity (Wildman–Crippen MR) is 123 cm³/mol. The second-order valence-corrected chi connectivity index (χ2v) is 9.46. The molecule has 174 valence electrons. The molecule has 0 aromatic carbocycles. The van der Waals surface area contributed by atoms with Gasteiger partial charge >= 0.3 is 5.97 Å². The molecule has 4 atom stereocenters. The third kappa shape index (κ3) is 11.7. The fourth-order valence-electron chi connectivity index (χ4n) is 2.51. The van der Waals surface area contributed by atoms with Crippen LogP contribution in [0.4, 0.5) is 0 Å². The highest BCUT2D eigenvalue weighted by Gasteiger charge is 2.29. The fraction of sp³-hybridized carbons (Fsp3) is 0.789. The average Bonchev–Trinajstić information content (AvgIpc) is 2.67. The first-order valence-corrected chi connectivity index (χ1v) is 12.7. The Labute approximate surface area is 187 Å². The number of carbonyl (C=O) groups excluding carboxylic acids is 3. The Morgan fingerprint density at radius 3 is 1.83 bits per heavy atom. The van der Waals surface area contributed by atoms with Crippen LogP contribution < -0.4 is 21.7 Å². The van der Waals surface area contributed by atoms with Gasteiger partial charge in [0.25, 0.3) is 0 Å². The van der Waals surface area contributed by atoms with Crippen molar-refractivity contribution in [2.45, 2.75) is 64.2 Å². The van der Waals surface area contributed by atoms with E-state index in [-0.39, 0.29) is 5.92 Å². The maximum absolute atomic E-state index is 12.9. The zero-order chi connectivity index (χ0) is 23.3. The Kier molecular flexibility index (Phi) is 14.6. The van der Waals surface area contributed by atoms with Crippen molar-refractivity contribution in [1.82, 2.24) is 16.0 Å². The highest BCUT2D eigenvalue weighted by Crippen LogP contribution is 2.08. The molecule has 4 unspecified atom stereocenters. The van der Waals surface area contributed by atoms with Gasteiger partial charge < -0.3 is 26.8 Å². The number of aliphatic carboxylic acids is 1. The summed E-state index contributed by atoms with van der Waals surface area (Å²) in [6.07, 6.45) is 5.00. The Hall–Kier alpha value is -1.46. The van der Waals surface area contributed by atoms with Crippen LogP contribution in [-0.2, 0) is 19.2 Å². The molecule has 0 heterocycles. The van der Waals surface area contributed by atoms with Crippen molar-refractivity contribution < 1.29 is 24.3 Å². The van der Waals surface area contributed by atoms with Crippen molar-refractivity contribution >= 4 is 47.2 Å². The zero-order valence-corrected chi connectivity index (χ0v) is 20.0. The topological polar surface area (TPSA) is 151 Å². The highest BCUT2D eigenvalue weighted by atomic mass is 32.2. The van der Waals surface area contributed by atoms with Crippen molar-refractivity contribution in [2.75, 3.05) is 24.0 Å². The first-order valence-electron chi connectivity index (χ1n) is 9.90. The van der Waals surface area contributed by atoms with E-state index in [1.54, 1.807) is 11.8 Å². The second-order valence-electron chi connectivity index (χ2n) is 7.49. The number of hydrogen-bond donors (Lipinski definition) is 5. The Morgan fingerprint density at radius 1 is 0.833 bits per heavy atom. The van der Waals surface area contributed by atoms with E-state index in [2.05, 4.69) is 16.0 Å². The van der Waals surface area contributed by atoms with Crippen LogP contribution in [0.2, 0.25) is 0 Å². The van der Waals surface area contributed by atoms with Gasteiger partial charge in [0.05, 0.1) is 6.04 Å². The minimum atomic E-state index is -1.16. The van der Waals surface area contributed by atoms with Crippen LogP contribution in [0.5, 0.6) is 0 Å². The molecule has 0 radical (unpaired) electrons. The van der Waals surface area contributed by atoms with Crippen molar-refractivity contribution in [2.24, 2.45) is 11.7 Å². The van der Waals surface area contributed by atoms with Gasteiger partial charge in [-0.25, -0.2) is 0 Å². The van der Waals surface area contributed by atoms with E-state index >= 15 is 0 Å². The van der Waals surface area contributed by atoms with E-state index in [4.69, 9.17) is 10.8 Å². The van der Waals surface area contributed by atoms with E-state index in [1.807, 2.05) is 26.4 Å². The van der Waals surface area contributed by atoms with Crippen LogP contribution in [0, 0.1) is 5.92 Å². The minimum absolute atomic E-state index is 0.119. The summed E-state index contributed by atoms with van der Waals surface area (Å²) in [5, 5.41) is 16.8. The number of amides is 3. The van der Waals surface area contributed by atoms with Gasteiger partial charge in [0, 0.05) is 0 Å². The van der Waals surface area contributed by atoms with Crippen LogP contribution in [0.15, 0.2) is 0 Å². The lowest BCUT2D eigenvalue weighted by Crippen LogP contribution is -2.57. The summed E-state index contributed by atoms with van der Waals surface area (Å²) in [4.78, 5) is 48.8. The second kappa shape index (κ2) is 15.4. The van der Waals surface area contributed by atoms with Gasteiger partial charge in [0.2, 0.25) is 17.7 Å². The molecule has 0 saturated heterocycles. The highest BCUT2D eigenvalue weighted by molar-refractivity contribution is 7.98. The van der Waals surface area contributed by atoms with E-state index in [9.17, 15) is 19.2 Å². The molecular formula is C19H36N4O5S2. The maximum atomic E-state index is 12.9. The molecule has 11 heteroatoms. The third-order valence-corrected chi connectivity index (χ3v) is 5.57. The normalized spacial score (nSPS) is 15.0. The fourth-order valence-corrected chi connectivity index (χ4v) is 3.47. The zero-order valence-electron chi connectivity index (χ0n) is 18.4. The average molecular weight is 465 g/mol. The molecule has 0 aromatic heterocycles. The molecule has 0 fully saturated rings. The van der Waals surface area contributed by atoms with E-state index in [0.717, 1.165) is 5.75 Å². The molecular weight excluding hydrogens is 428 g/mol. The van der Waals surface area contributed by atoms with Crippen LogP contribution in [-0.4, -0.2) is 77.0 Å². The predicted octanol–water partition coefficient (Wildman–Crippen LogP) is 0.425. The van der Waals surface area contributed by atoms with Crippen molar-refractivity contribution in [1.29, 1.82) is 0 Å². The lowest BCUT2D eigenvalue weighted by Gasteiger charge is -2.25.